The molecule has 22 heavy (non-hydrogen) atoms. The number of methoxy groups -OCH3 is 1. The van der Waals surface area contributed by atoms with Crippen molar-refractivity contribution in [3.63, 3.8) is 0 Å². The van der Waals surface area contributed by atoms with E-state index in [4.69, 9.17) is 9.47 Å². The SMILES string of the molecule is C=CCOc1ccc(C(=O)NC2(C(=O)O)CCC2)cc1OC. The number of carboxylic acids is 1. The summed E-state index contributed by atoms with van der Waals surface area (Å²) in [4.78, 5) is 23.6. The first-order chi connectivity index (χ1) is 10.5. The third kappa shape index (κ3) is 3.05. The standard InChI is InChI=1S/C16H19NO5/c1-3-9-22-12-6-5-11(10-13(12)21-2)14(18)17-16(15(19)20)7-4-8-16/h3,5-6,10H,1,4,7-9H2,2H3,(H,17,18)(H,19,20). The van der Waals surface area contributed by atoms with Crippen LogP contribution in [0.4, 0.5) is 0 Å². The molecule has 1 aromatic carbocycles. The van der Waals surface area contributed by atoms with Gasteiger partial charge in [-0.1, -0.05) is 12.7 Å². The number of benzene rings is 1. The molecule has 1 amide bonds. The number of hydrogen-bond donors (Lipinski definition) is 2. The first-order valence-corrected chi connectivity index (χ1v) is 7.00. The summed E-state index contributed by atoms with van der Waals surface area (Å²) in [5.74, 6) is -0.524. The lowest BCUT2D eigenvalue weighted by molar-refractivity contribution is -0.148. The van der Waals surface area contributed by atoms with Gasteiger partial charge in [0, 0.05) is 5.56 Å². The molecule has 0 spiro atoms. The molecule has 0 bridgehead atoms. The maximum atomic E-state index is 12.3. The second kappa shape index (κ2) is 6.51. The zero-order valence-corrected chi connectivity index (χ0v) is 12.4. The minimum atomic E-state index is -1.14. The summed E-state index contributed by atoms with van der Waals surface area (Å²) in [6, 6.07) is 4.72. The Morgan fingerprint density at radius 3 is 2.64 bits per heavy atom. The molecular formula is C16H19NO5. The van der Waals surface area contributed by atoms with E-state index in [1.807, 2.05) is 0 Å². The molecule has 0 aromatic heterocycles. The van der Waals surface area contributed by atoms with Crippen molar-refractivity contribution < 1.29 is 24.2 Å². The van der Waals surface area contributed by atoms with Gasteiger partial charge in [0.2, 0.25) is 0 Å². The van der Waals surface area contributed by atoms with E-state index >= 15 is 0 Å². The third-order valence-corrected chi connectivity index (χ3v) is 3.75. The summed E-state index contributed by atoms with van der Waals surface area (Å²) in [6.07, 6.45) is 3.30. The smallest absolute Gasteiger partial charge is 0.329 e. The van der Waals surface area contributed by atoms with Gasteiger partial charge >= 0.3 is 5.97 Å². The molecule has 118 valence electrons. The van der Waals surface area contributed by atoms with Gasteiger partial charge in [-0.3, -0.25) is 4.79 Å². The zero-order valence-electron chi connectivity index (χ0n) is 12.4. The van der Waals surface area contributed by atoms with Gasteiger partial charge in [0.05, 0.1) is 7.11 Å². The molecule has 0 radical (unpaired) electrons. The molecule has 1 aliphatic carbocycles. The number of carboxylic acid groups (broad SMARTS) is 1. The Morgan fingerprint density at radius 2 is 2.14 bits per heavy atom. The molecule has 0 heterocycles. The van der Waals surface area contributed by atoms with Crippen molar-refractivity contribution in [2.45, 2.75) is 24.8 Å². The second-order valence-corrected chi connectivity index (χ2v) is 5.16. The van der Waals surface area contributed by atoms with E-state index in [9.17, 15) is 14.7 Å². The molecule has 1 saturated carbocycles. The Morgan fingerprint density at radius 1 is 1.41 bits per heavy atom. The molecule has 1 fully saturated rings. The summed E-state index contributed by atoms with van der Waals surface area (Å²) in [5.41, 5.74) is -0.808. The molecule has 1 aliphatic rings. The Hall–Kier alpha value is -2.50. The maximum absolute atomic E-state index is 12.3. The third-order valence-electron chi connectivity index (χ3n) is 3.75. The van der Waals surface area contributed by atoms with E-state index in [2.05, 4.69) is 11.9 Å². The number of ether oxygens (including phenoxy) is 2. The second-order valence-electron chi connectivity index (χ2n) is 5.16. The van der Waals surface area contributed by atoms with Crippen molar-refractivity contribution in [1.82, 2.24) is 5.32 Å². The van der Waals surface area contributed by atoms with Crippen LogP contribution in [0.25, 0.3) is 0 Å². The largest absolute Gasteiger partial charge is 0.493 e. The predicted octanol–water partition coefficient (Wildman–Crippen LogP) is 2.00. The number of rotatable bonds is 7. The fraction of sp³-hybridized carbons (Fsp3) is 0.375. The number of hydrogen-bond acceptors (Lipinski definition) is 4. The van der Waals surface area contributed by atoms with Crippen LogP contribution in [-0.2, 0) is 4.79 Å². The lowest BCUT2D eigenvalue weighted by Gasteiger charge is -2.38. The lowest BCUT2D eigenvalue weighted by atomic mass is 9.76. The Kier molecular flexibility index (Phi) is 4.70. The van der Waals surface area contributed by atoms with Crippen LogP contribution in [0.1, 0.15) is 29.6 Å². The number of aliphatic carboxylic acids is 1. The van der Waals surface area contributed by atoms with Gasteiger partial charge in [0.15, 0.2) is 11.5 Å². The highest BCUT2D eigenvalue weighted by molar-refractivity contribution is 5.98. The lowest BCUT2D eigenvalue weighted by Crippen LogP contribution is -2.59. The maximum Gasteiger partial charge on any atom is 0.329 e. The average Bonchev–Trinajstić information content (AvgIpc) is 2.47. The van der Waals surface area contributed by atoms with Gasteiger partial charge in [0.1, 0.15) is 12.1 Å². The summed E-state index contributed by atoms with van der Waals surface area (Å²) in [6.45, 7) is 3.89. The van der Waals surface area contributed by atoms with Crippen LogP contribution in [0.3, 0.4) is 0 Å². The minimum Gasteiger partial charge on any atom is -0.493 e. The highest BCUT2D eigenvalue weighted by atomic mass is 16.5. The van der Waals surface area contributed by atoms with Crippen molar-refractivity contribution in [1.29, 1.82) is 0 Å². The number of amides is 1. The minimum absolute atomic E-state index is 0.323. The van der Waals surface area contributed by atoms with Crippen LogP contribution < -0.4 is 14.8 Å². The molecule has 6 heteroatoms. The van der Waals surface area contributed by atoms with Gasteiger partial charge < -0.3 is 19.9 Å². The molecule has 1 aromatic rings. The number of carbonyl (C=O) groups is 2. The first kappa shape index (κ1) is 15.9. The van der Waals surface area contributed by atoms with E-state index in [1.165, 1.54) is 13.2 Å². The van der Waals surface area contributed by atoms with E-state index < -0.39 is 17.4 Å². The molecule has 2 N–H and O–H groups in total. The molecule has 0 saturated heterocycles. The molecule has 2 rings (SSSR count). The van der Waals surface area contributed by atoms with Gasteiger partial charge in [-0.05, 0) is 37.5 Å². The van der Waals surface area contributed by atoms with Crippen molar-refractivity contribution >= 4 is 11.9 Å². The normalized spacial score (nSPS) is 15.3. The number of carbonyl (C=O) groups excluding carboxylic acids is 1. The van der Waals surface area contributed by atoms with Crippen molar-refractivity contribution in [2.75, 3.05) is 13.7 Å². The van der Waals surface area contributed by atoms with Gasteiger partial charge in [-0.15, -0.1) is 0 Å². The fourth-order valence-electron chi connectivity index (χ4n) is 2.29. The Labute approximate surface area is 128 Å². The van der Waals surface area contributed by atoms with Crippen LogP contribution in [0, 0.1) is 0 Å². The highest BCUT2D eigenvalue weighted by Crippen LogP contribution is 2.33. The summed E-state index contributed by atoms with van der Waals surface area (Å²) in [5, 5.41) is 11.9. The zero-order chi connectivity index (χ0) is 16.2. The van der Waals surface area contributed by atoms with Crippen molar-refractivity contribution in [3.8, 4) is 11.5 Å². The highest BCUT2D eigenvalue weighted by Gasteiger charge is 2.45. The Bertz CT molecular complexity index is 592. The average molecular weight is 305 g/mol. The topological polar surface area (TPSA) is 84.9 Å². The fourth-order valence-corrected chi connectivity index (χ4v) is 2.29. The summed E-state index contributed by atoms with van der Waals surface area (Å²) >= 11 is 0. The van der Waals surface area contributed by atoms with Crippen LogP contribution >= 0.6 is 0 Å². The summed E-state index contributed by atoms with van der Waals surface area (Å²) < 4.78 is 10.6. The van der Waals surface area contributed by atoms with Crippen LogP contribution in [0.15, 0.2) is 30.9 Å². The molecule has 0 aliphatic heterocycles. The van der Waals surface area contributed by atoms with E-state index in [0.29, 0.717) is 36.5 Å². The predicted molar refractivity (Wildman–Crippen MR) is 80.4 cm³/mol. The van der Waals surface area contributed by atoms with Crippen LogP contribution in [0.5, 0.6) is 11.5 Å². The van der Waals surface area contributed by atoms with E-state index in [0.717, 1.165) is 6.42 Å². The summed E-state index contributed by atoms with van der Waals surface area (Å²) in [7, 11) is 1.47. The monoisotopic (exact) mass is 305 g/mol. The number of nitrogens with one attached hydrogen (secondary N) is 1. The van der Waals surface area contributed by atoms with Crippen LogP contribution in [-0.4, -0.2) is 36.2 Å². The van der Waals surface area contributed by atoms with Crippen molar-refractivity contribution in [2.24, 2.45) is 0 Å². The molecule has 0 atom stereocenters. The Balaban J connectivity index is 2.16. The van der Waals surface area contributed by atoms with Crippen molar-refractivity contribution in [3.05, 3.63) is 36.4 Å². The van der Waals surface area contributed by atoms with E-state index in [-0.39, 0.29) is 0 Å². The molecule has 0 unspecified atom stereocenters. The van der Waals surface area contributed by atoms with Crippen LogP contribution in [0.2, 0.25) is 0 Å². The van der Waals surface area contributed by atoms with Gasteiger partial charge in [-0.25, -0.2) is 4.79 Å². The van der Waals surface area contributed by atoms with E-state index in [1.54, 1.807) is 18.2 Å². The first-order valence-electron chi connectivity index (χ1n) is 7.00. The molecular weight excluding hydrogens is 286 g/mol. The van der Waals surface area contributed by atoms with Gasteiger partial charge in [-0.2, -0.15) is 0 Å². The van der Waals surface area contributed by atoms with Gasteiger partial charge in [0.25, 0.3) is 5.91 Å². The quantitative estimate of drug-likeness (QED) is 0.753. The molecule has 6 nitrogen and oxygen atoms in total.